The number of hydrogen-bond donors (Lipinski definition) is 2. The highest BCUT2D eigenvalue weighted by Crippen LogP contribution is 2.10. The fraction of sp³-hybridized carbons (Fsp3) is 0.583. The molecule has 0 aliphatic carbocycles. The van der Waals surface area contributed by atoms with Gasteiger partial charge in [0.15, 0.2) is 0 Å². The third-order valence-corrected chi connectivity index (χ3v) is 2.68. The zero-order valence-corrected chi connectivity index (χ0v) is 11.4. The monoisotopic (exact) mass is 252 g/mol. The summed E-state index contributed by atoms with van der Waals surface area (Å²) in [5, 5.41) is 3.31. The zero-order valence-electron chi connectivity index (χ0n) is 10.6. The lowest BCUT2D eigenvalue weighted by atomic mass is 10.0. The second kappa shape index (κ2) is 6.49. The van der Waals surface area contributed by atoms with E-state index in [1.54, 1.807) is 12.4 Å². The van der Waals surface area contributed by atoms with Gasteiger partial charge >= 0.3 is 0 Å². The van der Waals surface area contributed by atoms with Crippen molar-refractivity contribution in [2.75, 3.05) is 5.32 Å². The molecule has 0 amide bonds. The third-order valence-electron chi connectivity index (χ3n) is 2.48. The first kappa shape index (κ1) is 13.8. The van der Waals surface area contributed by atoms with Crippen LogP contribution in [-0.4, -0.2) is 21.0 Å². The summed E-state index contributed by atoms with van der Waals surface area (Å²) in [5.41, 5.74) is 6.01. The Labute approximate surface area is 108 Å². The highest BCUT2D eigenvalue weighted by molar-refractivity contribution is 7.80. The van der Waals surface area contributed by atoms with Gasteiger partial charge in [-0.05, 0) is 25.7 Å². The van der Waals surface area contributed by atoms with E-state index in [0.717, 1.165) is 18.2 Å². The Morgan fingerprint density at radius 3 is 2.47 bits per heavy atom. The minimum absolute atomic E-state index is 0.275. The molecule has 0 saturated carbocycles. The number of nitrogens with two attached hydrogens (primary N) is 1. The van der Waals surface area contributed by atoms with Crippen molar-refractivity contribution in [3.8, 4) is 0 Å². The van der Waals surface area contributed by atoms with E-state index in [1.165, 1.54) is 6.42 Å². The molecule has 0 bridgehead atoms. The quantitative estimate of drug-likeness (QED) is 0.761. The van der Waals surface area contributed by atoms with Crippen LogP contribution in [0, 0.1) is 5.92 Å². The van der Waals surface area contributed by atoms with Gasteiger partial charge in [0.1, 0.15) is 16.5 Å². The van der Waals surface area contributed by atoms with Gasteiger partial charge in [0, 0.05) is 6.04 Å². The van der Waals surface area contributed by atoms with Gasteiger partial charge < -0.3 is 11.1 Å². The van der Waals surface area contributed by atoms with E-state index in [0.29, 0.717) is 11.7 Å². The fourth-order valence-electron chi connectivity index (χ4n) is 1.44. The predicted molar refractivity (Wildman–Crippen MR) is 75.1 cm³/mol. The topological polar surface area (TPSA) is 63.8 Å². The smallest absolute Gasteiger partial charge is 0.144 e. The van der Waals surface area contributed by atoms with Crippen molar-refractivity contribution in [2.45, 2.75) is 39.7 Å². The Balaban J connectivity index is 2.48. The van der Waals surface area contributed by atoms with Crippen LogP contribution in [0.1, 0.15) is 39.3 Å². The molecule has 94 valence electrons. The average molecular weight is 252 g/mol. The second-order valence-electron chi connectivity index (χ2n) is 4.67. The van der Waals surface area contributed by atoms with Gasteiger partial charge in [0.05, 0.1) is 12.4 Å². The van der Waals surface area contributed by atoms with Crippen LogP contribution < -0.4 is 11.1 Å². The van der Waals surface area contributed by atoms with Gasteiger partial charge in [-0.25, -0.2) is 9.97 Å². The maximum absolute atomic E-state index is 5.45. The van der Waals surface area contributed by atoms with E-state index in [2.05, 4.69) is 36.1 Å². The average Bonchev–Trinajstić information content (AvgIpc) is 2.27. The molecule has 0 aliphatic heterocycles. The van der Waals surface area contributed by atoms with Crippen LogP contribution in [0.15, 0.2) is 12.4 Å². The number of nitrogens with zero attached hydrogens (tertiary/aromatic N) is 2. The first-order chi connectivity index (χ1) is 7.99. The molecular formula is C12H20N4S. The fourth-order valence-corrected chi connectivity index (χ4v) is 1.54. The molecule has 1 rings (SSSR count). The SMILES string of the molecule is CC(C)CCC(C)Nc1cnc(C(N)=S)cn1. The lowest BCUT2D eigenvalue weighted by Gasteiger charge is -2.15. The van der Waals surface area contributed by atoms with Crippen LogP contribution in [0.25, 0.3) is 0 Å². The predicted octanol–water partition coefficient (Wildman–Crippen LogP) is 2.35. The highest BCUT2D eigenvalue weighted by Gasteiger charge is 2.05. The van der Waals surface area contributed by atoms with Crippen molar-refractivity contribution >= 4 is 23.0 Å². The Bertz CT molecular complexity index is 361. The van der Waals surface area contributed by atoms with Crippen LogP contribution >= 0.6 is 12.2 Å². The van der Waals surface area contributed by atoms with Crippen molar-refractivity contribution in [3.63, 3.8) is 0 Å². The van der Waals surface area contributed by atoms with Crippen LogP contribution in [0.2, 0.25) is 0 Å². The normalized spacial score (nSPS) is 12.5. The van der Waals surface area contributed by atoms with Crippen molar-refractivity contribution in [2.24, 2.45) is 11.7 Å². The molecule has 1 aromatic heterocycles. The van der Waals surface area contributed by atoms with Gasteiger partial charge in [-0.1, -0.05) is 26.1 Å². The molecule has 0 fully saturated rings. The van der Waals surface area contributed by atoms with Crippen LogP contribution in [-0.2, 0) is 0 Å². The maximum Gasteiger partial charge on any atom is 0.144 e. The molecule has 0 saturated heterocycles. The summed E-state index contributed by atoms with van der Waals surface area (Å²) in [7, 11) is 0. The number of nitrogens with one attached hydrogen (secondary N) is 1. The summed E-state index contributed by atoms with van der Waals surface area (Å²) in [6, 6.07) is 0.391. The molecule has 0 aromatic carbocycles. The van der Waals surface area contributed by atoms with E-state index >= 15 is 0 Å². The number of hydrogen-bond acceptors (Lipinski definition) is 4. The molecule has 1 aromatic rings. The number of thiocarbonyl (C=S) groups is 1. The summed E-state index contributed by atoms with van der Waals surface area (Å²) in [6.07, 6.45) is 5.59. The van der Waals surface area contributed by atoms with Crippen molar-refractivity contribution in [3.05, 3.63) is 18.1 Å². The second-order valence-corrected chi connectivity index (χ2v) is 5.11. The molecule has 1 atom stereocenters. The molecule has 0 radical (unpaired) electrons. The molecule has 17 heavy (non-hydrogen) atoms. The number of aromatic nitrogens is 2. The molecule has 4 nitrogen and oxygen atoms in total. The molecule has 0 aliphatic rings. The lowest BCUT2D eigenvalue weighted by Crippen LogP contribution is -2.18. The summed E-state index contributed by atoms with van der Waals surface area (Å²) >= 11 is 4.82. The third kappa shape index (κ3) is 5.08. The Morgan fingerprint density at radius 2 is 2.00 bits per heavy atom. The summed E-state index contributed by atoms with van der Waals surface area (Å²) < 4.78 is 0. The van der Waals surface area contributed by atoms with Crippen molar-refractivity contribution in [1.29, 1.82) is 0 Å². The zero-order chi connectivity index (χ0) is 12.8. The first-order valence-electron chi connectivity index (χ1n) is 5.87. The van der Waals surface area contributed by atoms with Gasteiger partial charge in [0.25, 0.3) is 0 Å². The summed E-state index contributed by atoms with van der Waals surface area (Å²) in [4.78, 5) is 8.64. The van der Waals surface area contributed by atoms with Gasteiger partial charge in [-0.3, -0.25) is 0 Å². The van der Waals surface area contributed by atoms with E-state index in [9.17, 15) is 0 Å². The van der Waals surface area contributed by atoms with Crippen LogP contribution in [0.5, 0.6) is 0 Å². The minimum Gasteiger partial charge on any atom is -0.388 e. The van der Waals surface area contributed by atoms with Gasteiger partial charge in [-0.15, -0.1) is 0 Å². The lowest BCUT2D eigenvalue weighted by molar-refractivity contribution is 0.527. The Morgan fingerprint density at radius 1 is 1.29 bits per heavy atom. The van der Waals surface area contributed by atoms with Gasteiger partial charge in [0.2, 0.25) is 0 Å². The van der Waals surface area contributed by atoms with E-state index in [4.69, 9.17) is 18.0 Å². The molecular weight excluding hydrogens is 232 g/mol. The van der Waals surface area contributed by atoms with E-state index in [-0.39, 0.29) is 4.99 Å². The largest absolute Gasteiger partial charge is 0.388 e. The standard InChI is InChI=1S/C12H20N4S/c1-8(2)4-5-9(3)16-11-7-14-10(6-15-11)12(13)17/h6-9H,4-5H2,1-3H3,(H2,13,17)(H,15,16). The van der Waals surface area contributed by atoms with E-state index in [1.807, 2.05) is 0 Å². The first-order valence-corrected chi connectivity index (χ1v) is 6.28. The van der Waals surface area contributed by atoms with Gasteiger partial charge in [-0.2, -0.15) is 0 Å². The summed E-state index contributed by atoms with van der Waals surface area (Å²) in [6.45, 7) is 6.60. The Kier molecular flexibility index (Phi) is 5.28. The Hall–Kier alpha value is -1.23. The number of rotatable bonds is 6. The maximum atomic E-state index is 5.45. The number of anilines is 1. The summed E-state index contributed by atoms with van der Waals surface area (Å²) in [5.74, 6) is 1.49. The molecule has 3 N–H and O–H groups in total. The highest BCUT2D eigenvalue weighted by atomic mass is 32.1. The molecule has 1 heterocycles. The van der Waals surface area contributed by atoms with Crippen LogP contribution in [0.4, 0.5) is 5.82 Å². The molecule has 1 unspecified atom stereocenters. The minimum atomic E-state index is 0.275. The van der Waals surface area contributed by atoms with Crippen LogP contribution in [0.3, 0.4) is 0 Å². The molecule has 5 heteroatoms. The van der Waals surface area contributed by atoms with E-state index < -0.39 is 0 Å². The van der Waals surface area contributed by atoms with Crippen molar-refractivity contribution in [1.82, 2.24) is 9.97 Å². The molecule has 0 spiro atoms. The van der Waals surface area contributed by atoms with Crippen molar-refractivity contribution < 1.29 is 0 Å².